The van der Waals surface area contributed by atoms with Crippen molar-refractivity contribution < 1.29 is 9.59 Å². The molecule has 0 aromatic heterocycles. The van der Waals surface area contributed by atoms with E-state index >= 15 is 0 Å². The molecule has 2 saturated heterocycles. The quantitative estimate of drug-likeness (QED) is 0.663. The van der Waals surface area contributed by atoms with E-state index in [4.69, 9.17) is 5.73 Å². The van der Waals surface area contributed by atoms with Crippen LogP contribution in [0.5, 0.6) is 0 Å². The molecule has 2 fully saturated rings. The lowest BCUT2D eigenvalue weighted by molar-refractivity contribution is -0.139. The number of hydrogen-bond acceptors (Lipinski definition) is 3. The van der Waals surface area contributed by atoms with Crippen LogP contribution in [0, 0.1) is 5.92 Å². The Hall–Kier alpha value is -1.10. The molecular formula is C11H19N3O2. The van der Waals surface area contributed by atoms with Crippen molar-refractivity contribution >= 4 is 11.8 Å². The van der Waals surface area contributed by atoms with E-state index in [-0.39, 0.29) is 23.8 Å². The van der Waals surface area contributed by atoms with Crippen molar-refractivity contribution in [2.24, 2.45) is 11.7 Å². The Morgan fingerprint density at radius 2 is 2.31 bits per heavy atom. The number of rotatable bonds is 2. The molecule has 0 bridgehead atoms. The van der Waals surface area contributed by atoms with E-state index < -0.39 is 0 Å². The monoisotopic (exact) mass is 225 g/mol. The van der Waals surface area contributed by atoms with Crippen molar-refractivity contribution in [1.29, 1.82) is 0 Å². The lowest BCUT2D eigenvalue weighted by Crippen LogP contribution is -2.49. The number of amides is 2. The summed E-state index contributed by atoms with van der Waals surface area (Å²) in [6, 6.07) is 0.178. The summed E-state index contributed by atoms with van der Waals surface area (Å²) in [6.07, 6.45) is 3.53. The number of carbonyl (C=O) groups is 2. The molecule has 2 aliphatic rings. The molecule has 16 heavy (non-hydrogen) atoms. The van der Waals surface area contributed by atoms with Crippen LogP contribution < -0.4 is 11.1 Å². The van der Waals surface area contributed by atoms with Crippen LogP contribution in [0.4, 0.5) is 0 Å². The minimum atomic E-state index is -0.167. The molecule has 0 aromatic rings. The van der Waals surface area contributed by atoms with Gasteiger partial charge in [-0.2, -0.15) is 0 Å². The number of nitrogens with one attached hydrogen (secondary N) is 1. The SMILES string of the molecule is NCC1CCCCN1C(=O)C1CNC(=O)C1. The van der Waals surface area contributed by atoms with Crippen LogP contribution >= 0.6 is 0 Å². The van der Waals surface area contributed by atoms with Gasteiger partial charge in [-0.1, -0.05) is 0 Å². The smallest absolute Gasteiger partial charge is 0.228 e. The first-order valence-corrected chi connectivity index (χ1v) is 5.99. The first-order chi connectivity index (χ1) is 7.72. The van der Waals surface area contributed by atoms with Gasteiger partial charge in [-0.25, -0.2) is 0 Å². The van der Waals surface area contributed by atoms with E-state index in [2.05, 4.69) is 5.32 Å². The molecule has 2 atom stereocenters. The third-order valence-corrected chi connectivity index (χ3v) is 3.51. The van der Waals surface area contributed by atoms with Crippen molar-refractivity contribution in [1.82, 2.24) is 10.2 Å². The molecule has 2 aliphatic heterocycles. The first-order valence-electron chi connectivity index (χ1n) is 5.99. The van der Waals surface area contributed by atoms with Gasteiger partial charge >= 0.3 is 0 Å². The summed E-state index contributed by atoms with van der Waals surface area (Å²) in [5.74, 6) is -0.0761. The molecule has 2 heterocycles. The predicted molar refractivity (Wildman–Crippen MR) is 59.5 cm³/mol. The van der Waals surface area contributed by atoms with E-state index in [0.717, 1.165) is 25.8 Å². The number of nitrogens with two attached hydrogens (primary N) is 1. The number of piperidine rings is 1. The fourth-order valence-electron chi connectivity index (χ4n) is 2.55. The van der Waals surface area contributed by atoms with E-state index in [1.54, 1.807) is 0 Å². The Bertz CT molecular complexity index is 293. The maximum absolute atomic E-state index is 12.2. The Morgan fingerprint density at radius 1 is 1.50 bits per heavy atom. The number of nitrogens with zero attached hydrogens (tertiary/aromatic N) is 1. The lowest BCUT2D eigenvalue weighted by atomic mass is 9.98. The van der Waals surface area contributed by atoms with Gasteiger partial charge in [0.15, 0.2) is 0 Å². The summed E-state index contributed by atoms with van der Waals surface area (Å²) in [4.78, 5) is 25.2. The Balaban J connectivity index is 1.99. The standard InChI is InChI=1S/C11H19N3O2/c12-6-9-3-1-2-4-14(9)11(16)8-5-10(15)13-7-8/h8-9H,1-7,12H2,(H,13,15). The van der Waals surface area contributed by atoms with Gasteiger partial charge in [0.05, 0.1) is 5.92 Å². The summed E-state index contributed by atoms with van der Waals surface area (Å²) < 4.78 is 0. The fourth-order valence-corrected chi connectivity index (χ4v) is 2.55. The maximum atomic E-state index is 12.2. The zero-order chi connectivity index (χ0) is 11.5. The van der Waals surface area contributed by atoms with Crippen molar-refractivity contribution in [3.8, 4) is 0 Å². The molecule has 90 valence electrons. The van der Waals surface area contributed by atoms with Gasteiger partial charge in [0.2, 0.25) is 11.8 Å². The fraction of sp³-hybridized carbons (Fsp3) is 0.818. The van der Waals surface area contributed by atoms with Crippen LogP contribution in [0.25, 0.3) is 0 Å². The third-order valence-electron chi connectivity index (χ3n) is 3.51. The van der Waals surface area contributed by atoms with E-state index in [1.807, 2.05) is 4.90 Å². The number of carbonyl (C=O) groups excluding carboxylic acids is 2. The molecule has 0 radical (unpaired) electrons. The molecule has 2 unspecified atom stereocenters. The van der Waals surface area contributed by atoms with Gasteiger partial charge in [0.1, 0.15) is 0 Å². The van der Waals surface area contributed by atoms with Gasteiger partial charge < -0.3 is 16.0 Å². The van der Waals surface area contributed by atoms with Crippen LogP contribution in [0.1, 0.15) is 25.7 Å². The summed E-state index contributed by atoms with van der Waals surface area (Å²) in [7, 11) is 0. The van der Waals surface area contributed by atoms with Gasteiger partial charge in [0.25, 0.3) is 0 Å². The summed E-state index contributed by atoms with van der Waals surface area (Å²) in [5.41, 5.74) is 5.68. The van der Waals surface area contributed by atoms with Crippen molar-refractivity contribution in [3.05, 3.63) is 0 Å². The highest BCUT2D eigenvalue weighted by molar-refractivity contribution is 5.89. The first kappa shape index (κ1) is 11.4. The average Bonchev–Trinajstić information content (AvgIpc) is 2.75. The minimum absolute atomic E-state index is 0.0142. The van der Waals surface area contributed by atoms with Gasteiger partial charge in [-0.15, -0.1) is 0 Å². The third kappa shape index (κ3) is 2.19. The zero-order valence-corrected chi connectivity index (χ0v) is 9.45. The minimum Gasteiger partial charge on any atom is -0.355 e. The summed E-state index contributed by atoms with van der Waals surface area (Å²) in [5, 5.41) is 2.70. The molecular weight excluding hydrogens is 206 g/mol. The van der Waals surface area contributed by atoms with E-state index in [0.29, 0.717) is 19.5 Å². The van der Waals surface area contributed by atoms with Crippen molar-refractivity contribution in [2.75, 3.05) is 19.6 Å². The molecule has 2 amide bonds. The summed E-state index contributed by atoms with van der Waals surface area (Å²) >= 11 is 0. The van der Waals surface area contributed by atoms with Crippen LogP contribution in [0.15, 0.2) is 0 Å². The van der Waals surface area contributed by atoms with Gasteiger partial charge in [0, 0.05) is 32.1 Å². The Kier molecular flexibility index (Phi) is 3.43. The highest BCUT2D eigenvalue weighted by Gasteiger charge is 2.34. The molecule has 0 saturated carbocycles. The Morgan fingerprint density at radius 3 is 2.94 bits per heavy atom. The van der Waals surface area contributed by atoms with Crippen LogP contribution in [0.3, 0.4) is 0 Å². The molecule has 5 heteroatoms. The molecule has 0 aliphatic carbocycles. The number of hydrogen-bond donors (Lipinski definition) is 2. The van der Waals surface area contributed by atoms with Crippen LogP contribution in [-0.2, 0) is 9.59 Å². The molecule has 2 rings (SSSR count). The molecule has 0 aromatic carbocycles. The predicted octanol–water partition coefficient (Wildman–Crippen LogP) is -0.538. The summed E-state index contributed by atoms with van der Waals surface area (Å²) in [6.45, 7) is 1.82. The molecule has 5 nitrogen and oxygen atoms in total. The highest BCUT2D eigenvalue weighted by atomic mass is 16.2. The van der Waals surface area contributed by atoms with Crippen LogP contribution in [0.2, 0.25) is 0 Å². The van der Waals surface area contributed by atoms with Crippen LogP contribution in [-0.4, -0.2) is 42.4 Å². The van der Waals surface area contributed by atoms with Gasteiger partial charge in [-0.3, -0.25) is 9.59 Å². The molecule has 0 spiro atoms. The largest absolute Gasteiger partial charge is 0.355 e. The topological polar surface area (TPSA) is 75.4 Å². The second kappa shape index (κ2) is 4.82. The highest BCUT2D eigenvalue weighted by Crippen LogP contribution is 2.21. The van der Waals surface area contributed by atoms with E-state index in [1.165, 1.54) is 0 Å². The van der Waals surface area contributed by atoms with Crippen molar-refractivity contribution in [3.63, 3.8) is 0 Å². The second-order valence-electron chi connectivity index (χ2n) is 4.62. The lowest BCUT2D eigenvalue weighted by Gasteiger charge is -2.36. The average molecular weight is 225 g/mol. The maximum Gasteiger partial charge on any atom is 0.228 e. The normalized spacial score (nSPS) is 30.3. The second-order valence-corrected chi connectivity index (χ2v) is 4.62. The molecule has 3 N–H and O–H groups in total. The number of likely N-dealkylation sites (tertiary alicyclic amines) is 1. The van der Waals surface area contributed by atoms with Gasteiger partial charge in [-0.05, 0) is 19.3 Å². The zero-order valence-electron chi connectivity index (χ0n) is 9.45. The van der Waals surface area contributed by atoms with E-state index in [9.17, 15) is 9.59 Å². The van der Waals surface area contributed by atoms with Crippen molar-refractivity contribution in [2.45, 2.75) is 31.7 Å². The Labute approximate surface area is 95.3 Å².